The van der Waals surface area contributed by atoms with Crippen LogP contribution >= 0.6 is 35.6 Å². The number of hydrogen-bond donors (Lipinski definition) is 2. The fourth-order valence-electron chi connectivity index (χ4n) is 4.01. The van der Waals surface area contributed by atoms with Gasteiger partial charge in [0.2, 0.25) is 0 Å². The minimum absolute atomic E-state index is 0. The molecule has 0 amide bonds. The summed E-state index contributed by atoms with van der Waals surface area (Å²) in [6, 6.07) is 5.77. The molecule has 0 saturated carbocycles. The molecule has 7 nitrogen and oxygen atoms in total. The summed E-state index contributed by atoms with van der Waals surface area (Å²) in [5.74, 6) is 1.32. The summed E-state index contributed by atoms with van der Waals surface area (Å²) in [5.41, 5.74) is 7.06. The molecule has 0 atom stereocenters. The molecule has 3 N–H and O–H groups in total. The lowest BCUT2D eigenvalue weighted by atomic mass is 9.73. The van der Waals surface area contributed by atoms with Crippen LogP contribution in [0.15, 0.2) is 23.2 Å². The van der Waals surface area contributed by atoms with E-state index in [0.29, 0.717) is 30.7 Å². The maximum atomic E-state index is 6.29. The Bertz CT molecular complexity index is 680. The number of ether oxygens (including phenoxy) is 3. The Morgan fingerprint density at radius 1 is 1.23 bits per heavy atom. The maximum absolute atomic E-state index is 6.29. The van der Waals surface area contributed by atoms with Gasteiger partial charge >= 0.3 is 0 Å². The Morgan fingerprint density at radius 3 is 2.63 bits per heavy atom. The summed E-state index contributed by atoms with van der Waals surface area (Å²) in [4.78, 5) is 7.10. The van der Waals surface area contributed by atoms with E-state index < -0.39 is 0 Å². The summed E-state index contributed by atoms with van der Waals surface area (Å²) in [7, 11) is 1.69. The van der Waals surface area contributed by atoms with Gasteiger partial charge in [-0.2, -0.15) is 0 Å². The first kappa shape index (κ1) is 25.5. The molecule has 30 heavy (non-hydrogen) atoms. The van der Waals surface area contributed by atoms with E-state index in [1.165, 1.54) is 0 Å². The van der Waals surface area contributed by atoms with E-state index in [1.807, 2.05) is 18.2 Å². The van der Waals surface area contributed by atoms with Crippen molar-refractivity contribution in [2.45, 2.75) is 24.7 Å². The number of guanidine groups is 1. The first-order chi connectivity index (χ1) is 14.1. The van der Waals surface area contributed by atoms with Gasteiger partial charge < -0.3 is 25.3 Å². The molecule has 2 aliphatic rings. The third kappa shape index (κ3) is 7.12. The van der Waals surface area contributed by atoms with Crippen molar-refractivity contribution in [1.29, 1.82) is 0 Å². The van der Waals surface area contributed by atoms with Gasteiger partial charge in [-0.1, -0.05) is 11.6 Å². The van der Waals surface area contributed by atoms with Crippen LogP contribution in [0.3, 0.4) is 0 Å². The summed E-state index contributed by atoms with van der Waals surface area (Å²) in [6.07, 6.45) is 2.74. The van der Waals surface area contributed by atoms with E-state index in [4.69, 9.17) is 31.5 Å². The zero-order valence-electron chi connectivity index (χ0n) is 17.7. The Hall–Kier alpha value is -0.810. The number of halogens is 2. The molecule has 2 fully saturated rings. The average Bonchev–Trinajstić information content (AvgIpc) is 2.76. The van der Waals surface area contributed by atoms with Gasteiger partial charge in [0, 0.05) is 48.8 Å². The highest BCUT2D eigenvalue weighted by Crippen LogP contribution is 2.41. The molecule has 0 aliphatic carbocycles. The van der Waals surface area contributed by atoms with Gasteiger partial charge in [-0.3, -0.25) is 9.89 Å². The van der Waals surface area contributed by atoms with Gasteiger partial charge in [-0.15, -0.1) is 24.0 Å². The molecule has 2 heterocycles. The van der Waals surface area contributed by atoms with Gasteiger partial charge in [0.05, 0.1) is 26.9 Å². The molecule has 2 aliphatic heterocycles. The van der Waals surface area contributed by atoms with Crippen molar-refractivity contribution in [3.63, 3.8) is 0 Å². The number of methoxy groups -OCH3 is 1. The van der Waals surface area contributed by atoms with Crippen molar-refractivity contribution in [3.8, 4) is 5.75 Å². The normalized spacial score (nSPS) is 19.7. The largest absolute Gasteiger partial charge is 0.496 e. The third-order valence-electron chi connectivity index (χ3n) is 5.80. The minimum Gasteiger partial charge on any atom is -0.496 e. The minimum atomic E-state index is -0.186. The number of nitrogens with zero attached hydrogens (tertiary/aromatic N) is 2. The first-order valence-electron chi connectivity index (χ1n) is 10.4. The Kier molecular flexibility index (Phi) is 10.9. The standard InChI is InChI=1S/C21H33ClN4O3.HI/c1-27-19-4-3-17(22)15-18(19)21(5-11-28-12-6-21)16-25-20(23)24-7-2-8-26-9-13-29-14-10-26;/h3-4,15H,2,5-14,16H2,1H3,(H3,23,24,25);1H. The van der Waals surface area contributed by atoms with Crippen LogP contribution in [0.4, 0.5) is 0 Å². The van der Waals surface area contributed by atoms with Crippen LogP contribution in [0.5, 0.6) is 5.75 Å². The van der Waals surface area contributed by atoms with E-state index in [-0.39, 0.29) is 29.4 Å². The van der Waals surface area contributed by atoms with Crippen molar-refractivity contribution in [2.24, 2.45) is 10.7 Å². The fourth-order valence-corrected chi connectivity index (χ4v) is 4.18. The predicted molar refractivity (Wildman–Crippen MR) is 132 cm³/mol. The maximum Gasteiger partial charge on any atom is 0.188 e. The predicted octanol–water partition coefficient (Wildman–Crippen LogP) is 2.64. The second-order valence-electron chi connectivity index (χ2n) is 7.67. The molecular weight excluding hydrogens is 519 g/mol. The topological polar surface area (TPSA) is 81.3 Å². The summed E-state index contributed by atoms with van der Waals surface area (Å²) in [6.45, 7) is 7.50. The molecule has 0 radical (unpaired) electrons. The van der Waals surface area contributed by atoms with E-state index in [2.05, 4.69) is 15.2 Å². The van der Waals surface area contributed by atoms with E-state index in [0.717, 1.165) is 70.0 Å². The monoisotopic (exact) mass is 552 g/mol. The van der Waals surface area contributed by atoms with Crippen molar-refractivity contribution in [2.75, 3.05) is 66.3 Å². The van der Waals surface area contributed by atoms with Crippen molar-refractivity contribution >= 4 is 41.5 Å². The molecule has 2 saturated heterocycles. The van der Waals surface area contributed by atoms with Gasteiger partial charge in [0.1, 0.15) is 5.75 Å². The lowest BCUT2D eigenvalue weighted by Gasteiger charge is -2.37. The van der Waals surface area contributed by atoms with Crippen LogP contribution in [0, 0.1) is 0 Å². The number of rotatable bonds is 8. The second-order valence-corrected chi connectivity index (χ2v) is 8.11. The quantitative estimate of drug-likeness (QED) is 0.223. The molecule has 170 valence electrons. The average molecular weight is 553 g/mol. The third-order valence-corrected chi connectivity index (χ3v) is 6.03. The number of benzene rings is 1. The van der Waals surface area contributed by atoms with Crippen LogP contribution in [0.1, 0.15) is 24.8 Å². The fraction of sp³-hybridized carbons (Fsp3) is 0.667. The molecule has 0 aromatic heterocycles. The molecule has 0 unspecified atom stereocenters. The van der Waals surface area contributed by atoms with Gasteiger partial charge in [0.25, 0.3) is 0 Å². The summed E-state index contributed by atoms with van der Waals surface area (Å²) < 4.78 is 16.6. The van der Waals surface area contributed by atoms with Crippen LogP contribution < -0.4 is 15.8 Å². The lowest BCUT2D eigenvalue weighted by Crippen LogP contribution is -2.41. The zero-order chi connectivity index (χ0) is 20.5. The van der Waals surface area contributed by atoms with E-state index in [9.17, 15) is 0 Å². The first-order valence-corrected chi connectivity index (χ1v) is 10.8. The lowest BCUT2D eigenvalue weighted by molar-refractivity contribution is 0.0376. The smallest absolute Gasteiger partial charge is 0.188 e. The highest BCUT2D eigenvalue weighted by molar-refractivity contribution is 14.0. The van der Waals surface area contributed by atoms with Crippen molar-refractivity contribution in [3.05, 3.63) is 28.8 Å². The summed E-state index contributed by atoms with van der Waals surface area (Å²) >= 11 is 6.29. The Morgan fingerprint density at radius 2 is 1.93 bits per heavy atom. The SMILES string of the molecule is COc1ccc(Cl)cc1C1(CN=C(N)NCCCN2CCOCC2)CCOCC1.I. The van der Waals surface area contributed by atoms with Gasteiger partial charge in [-0.25, -0.2) is 0 Å². The highest BCUT2D eigenvalue weighted by Gasteiger charge is 2.37. The molecule has 3 rings (SSSR count). The highest BCUT2D eigenvalue weighted by atomic mass is 127. The second kappa shape index (κ2) is 12.9. The summed E-state index contributed by atoms with van der Waals surface area (Å²) in [5, 5.41) is 3.95. The molecular formula is C21H34ClIN4O3. The number of aliphatic imine (C=N–C) groups is 1. The Labute approximate surface area is 201 Å². The van der Waals surface area contributed by atoms with Crippen LogP contribution in [0.25, 0.3) is 0 Å². The van der Waals surface area contributed by atoms with E-state index >= 15 is 0 Å². The zero-order valence-corrected chi connectivity index (χ0v) is 20.8. The van der Waals surface area contributed by atoms with Crippen LogP contribution in [-0.2, 0) is 14.9 Å². The number of hydrogen-bond acceptors (Lipinski definition) is 5. The molecule has 1 aromatic rings. The number of morpholine rings is 1. The van der Waals surface area contributed by atoms with Crippen LogP contribution in [-0.4, -0.2) is 77.1 Å². The molecule has 1 aromatic carbocycles. The molecule has 0 spiro atoms. The van der Waals surface area contributed by atoms with E-state index in [1.54, 1.807) is 7.11 Å². The van der Waals surface area contributed by atoms with Crippen LogP contribution in [0.2, 0.25) is 5.02 Å². The molecule has 9 heteroatoms. The van der Waals surface area contributed by atoms with Crippen molar-refractivity contribution < 1.29 is 14.2 Å². The van der Waals surface area contributed by atoms with Gasteiger partial charge in [-0.05, 0) is 44.0 Å². The molecule has 0 bridgehead atoms. The number of nitrogens with one attached hydrogen (secondary N) is 1. The van der Waals surface area contributed by atoms with Gasteiger partial charge in [0.15, 0.2) is 5.96 Å². The Balaban J connectivity index is 0.00000320. The van der Waals surface area contributed by atoms with Crippen molar-refractivity contribution in [1.82, 2.24) is 10.2 Å². The number of nitrogens with two attached hydrogens (primary N) is 1.